The first kappa shape index (κ1) is 28.8. The van der Waals surface area contributed by atoms with Gasteiger partial charge in [-0.1, -0.05) is 18.5 Å². The van der Waals surface area contributed by atoms with Crippen molar-refractivity contribution in [2.45, 2.75) is 12.3 Å². The molecule has 0 amide bonds. The number of ether oxygens (including phenoxy) is 3. The first-order chi connectivity index (χ1) is 19.9. The van der Waals surface area contributed by atoms with Gasteiger partial charge in [-0.3, -0.25) is 4.90 Å². The fourth-order valence-electron chi connectivity index (χ4n) is 5.20. The molecule has 2 aromatic heterocycles. The molecule has 1 unspecified atom stereocenters. The number of carbonyl (C=O) groups is 1. The SMILES string of the molecule is COc1ncc(Cl)cc1Nc1nccc(-c2cc(C#N)c3c(c2)C(C)(COCCN2CCOCC2)CN3[B]C=O)n1. The van der Waals surface area contributed by atoms with Crippen LogP contribution in [0, 0.1) is 11.3 Å². The van der Waals surface area contributed by atoms with Crippen LogP contribution in [0.15, 0.2) is 36.7 Å². The smallest absolute Gasteiger partial charge is 0.329 e. The fourth-order valence-corrected chi connectivity index (χ4v) is 5.35. The predicted octanol–water partition coefficient (Wildman–Crippen LogP) is 3.05. The number of hydrogen-bond donors (Lipinski definition) is 1. The highest BCUT2D eigenvalue weighted by atomic mass is 35.5. The zero-order valence-electron chi connectivity index (χ0n) is 23.0. The van der Waals surface area contributed by atoms with Crippen LogP contribution < -0.4 is 14.9 Å². The lowest BCUT2D eigenvalue weighted by atomic mass is 9.83. The number of fused-ring (bicyclic) bond motifs is 1. The summed E-state index contributed by atoms with van der Waals surface area (Å²) in [6.07, 6.45) is 3.87. The number of pyridine rings is 1. The summed E-state index contributed by atoms with van der Waals surface area (Å²) in [5.74, 6) is 0.664. The lowest BCUT2D eigenvalue weighted by molar-refractivity contribution is 0.0148. The largest absolute Gasteiger partial charge is 0.480 e. The fraction of sp³-hybridized carbons (Fsp3) is 0.393. The van der Waals surface area contributed by atoms with Crippen molar-refractivity contribution in [2.24, 2.45) is 0 Å². The minimum Gasteiger partial charge on any atom is -0.480 e. The number of anilines is 3. The Hall–Kier alpha value is -3.76. The van der Waals surface area contributed by atoms with Crippen molar-refractivity contribution in [2.75, 3.05) is 69.8 Å². The van der Waals surface area contributed by atoms with E-state index in [0.717, 1.165) is 50.2 Å². The van der Waals surface area contributed by atoms with E-state index in [-0.39, 0.29) is 0 Å². The van der Waals surface area contributed by atoms with Crippen LogP contribution in [-0.4, -0.2) is 93.2 Å². The number of carbonyl (C=O) groups excluding carboxylic acids is 1. The number of nitrogens with one attached hydrogen (secondary N) is 1. The molecule has 41 heavy (non-hydrogen) atoms. The van der Waals surface area contributed by atoms with Crippen LogP contribution in [0.5, 0.6) is 5.88 Å². The lowest BCUT2D eigenvalue weighted by Crippen LogP contribution is -2.40. The van der Waals surface area contributed by atoms with Gasteiger partial charge in [0.25, 0.3) is 0 Å². The Morgan fingerprint density at radius 1 is 1.29 bits per heavy atom. The summed E-state index contributed by atoms with van der Waals surface area (Å²) in [5.41, 5.74) is 3.50. The van der Waals surface area contributed by atoms with E-state index in [2.05, 4.69) is 33.2 Å². The van der Waals surface area contributed by atoms with E-state index in [1.165, 1.54) is 20.7 Å². The maximum absolute atomic E-state index is 11.5. The number of methoxy groups -OCH3 is 1. The maximum Gasteiger partial charge on any atom is 0.329 e. The van der Waals surface area contributed by atoms with Crippen molar-refractivity contribution >= 4 is 42.5 Å². The first-order valence-corrected chi connectivity index (χ1v) is 13.6. The van der Waals surface area contributed by atoms with E-state index in [1.54, 1.807) is 24.4 Å². The average Bonchev–Trinajstić information content (AvgIpc) is 3.27. The average molecular weight is 575 g/mol. The Morgan fingerprint density at radius 2 is 2.12 bits per heavy atom. The molecule has 1 aromatic carbocycles. The van der Waals surface area contributed by atoms with E-state index in [4.69, 9.17) is 30.8 Å². The van der Waals surface area contributed by atoms with Crippen molar-refractivity contribution in [1.29, 1.82) is 5.26 Å². The minimum absolute atomic E-state index is 0.314. The van der Waals surface area contributed by atoms with Crippen LogP contribution >= 0.6 is 11.6 Å². The van der Waals surface area contributed by atoms with Gasteiger partial charge in [0.05, 0.1) is 49.8 Å². The zero-order valence-corrected chi connectivity index (χ0v) is 23.7. The molecule has 4 heterocycles. The number of hydrogen-bond acceptors (Lipinski definition) is 11. The minimum atomic E-state index is -0.463. The van der Waals surface area contributed by atoms with E-state index in [0.29, 0.717) is 59.2 Å². The molecule has 13 heteroatoms. The van der Waals surface area contributed by atoms with Crippen LogP contribution in [0.25, 0.3) is 11.3 Å². The molecule has 1 N–H and O–H groups in total. The maximum atomic E-state index is 11.5. The van der Waals surface area contributed by atoms with Crippen molar-refractivity contribution < 1.29 is 19.0 Å². The summed E-state index contributed by atoms with van der Waals surface area (Å²) in [7, 11) is 2.98. The quantitative estimate of drug-likeness (QED) is 0.206. The second-order valence-electron chi connectivity index (χ2n) is 10.1. The molecular formula is C28H30BClN7O4. The first-order valence-electron chi connectivity index (χ1n) is 13.3. The Labute approximate surface area is 244 Å². The van der Waals surface area contributed by atoms with Crippen LogP contribution in [0.3, 0.4) is 0 Å². The van der Waals surface area contributed by atoms with Gasteiger partial charge in [0.15, 0.2) is 0 Å². The summed E-state index contributed by atoms with van der Waals surface area (Å²) in [6, 6.07) is 9.57. The second-order valence-corrected chi connectivity index (χ2v) is 10.5. The molecule has 1 saturated heterocycles. The summed E-state index contributed by atoms with van der Waals surface area (Å²) >= 11 is 6.13. The highest BCUT2D eigenvalue weighted by Gasteiger charge is 2.41. The Kier molecular flexibility index (Phi) is 9.00. The van der Waals surface area contributed by atoms with Crippen molar-refractivity contribution in [3.63, 3.8) is 0 Å². The summed E-state index contributed by atoms with van der Waals surface area (Å²) in [6.45, 7) is 7.72. The van der Waals surface area contributed by atoms with Crippen LogP contribution in [0.4, 0.5) is 17.3 Å². The number of benzene rings is 1. The predicted molar refractivity (Wildman–Crippen MR) is 157 cm³/mol. The number of nitriles is 1. The van der Waals surface area contributed by atoms with Gasteiger partial charge in [-0.05, 0) is 29.8 Å². The number of morpholine rings is 1. The second kappa shape index (κ2) is 12.8. The highest BCUT2D eigenvalue weighted by molar-refractivity contribution is 6.70. The van der Waals surface area contributed by atoms with E-state index >= 15 is 0 Å². The monoisotopic (exact) mass is 574 g/mol. The van der Waals surface area contributed by atoms with Gasteiger partial charge < -0.3 is 29.1 Å². The Morgan fingerprint density at radius 3 is 2.88 bits per heavy atom. The number of halogens is 1. The molecule has 3 aromatic rings. The molecule has 11 nitrogen and oxygen atoms in total. The molecule has 0 saturated carbocycles. The number of aromatic nitrogens is 3. The van der Waals surface area contributed by atoms with Gasteiger partial charge in [0.2, 0.25) is 11.8 Å². The molecule has 0 bridgehead atoms. The molecule has 2 aliphatic heterocycles. The van der Waals surface area contributed by atoms with Gasteiger partial charge in [-0.25, -0.2) is 15.0 Å². The standard InChI is InChI=1S/C28H30BClN7O4/c1-28(17-41-10-7-36-5-8-40-9-6-36)16-37(29-18-38)25-20(14-31)11-19(12-22(25)28)23-3-4-32-27(34-23)35-24-13-21(30)15-33-26(24)39-2/h3-4,11-13,15,18H,5-10,16-17H2,1-2H3,(H,32,34,35). The van der Waals surface area contributed by atoms with Crippen molar-refractivity contribution in [3.8, 4) is 23.2 Å². The van der Waals surface area contributed by atoms with Gasteiger partial charge in [-0.2, -0.15) is 5.26 Å². The van der Waals surface area contributed by atoms with Crippen molar-refractivity contribution in [1.82, 2.24) is 19.9 Å². The lowest BCUT2D eigenvalue weighted by Gasteiger charge is -2.28. The van der Waals surface area contributed by atoms with Gasteiger partial charge in [-0.15, -0.1) is 0 Å². The van der Waals surface area contributed by atoms with E-state index in [9.17, 15) is 10.1 Å². The molecule has 5 rings (SSSR count). The Bertz CT molecular complexity index is 1450. The third-order valence-electron chi connectivity index (χ3n) is 7.21. The molecule has 2 aliphatic rings. The number of nitrogens with zero attached hydrogens (tertiary/aromatic N) is 6. The Balaban J connectivity index is 1.43. The third-order valence-corrected chi connectivity index (χ3v) is 7.42. The summed E-state index contributed by atoms with van der Waals surface area (Å²) < 4.78 is 16.9. The molecule has 1 radical (unpaired) electrons. The van der Waals surface area contributed by atoms with Crippen molar-refractivity contribution in [3.05, 3.63) is 52.8 Å². The summed E-state index contributed by atoms with van der Waals surface area (Å²) in [4.78, 5) is 28.8. The summed E-state index contributed by atoms with van der Waals surface area (Å²) in [5, 5.41) is 13.7. The number of rotatable bonds is 11. The van der Waals surface area contributed by atoms with Crippen LogP contribution in [0.1, 0.15) is 18.1 Å². The van der Waals surface area contributed by atoms with Gasteiger partial charge in [0.1, 0.15) is 17.9 Å². The molecule has 1 fully saturated rings. The molecule has 1 atom stereocenters. The van der Waals surface area contributed by atoms with E-state index < -0.39 is 5.41 Å². The van der Waals surface area contributed by atoms with Gasteiger partial charge >= 0.3 is 7.41 Å². The highest BCUT2D eigenvalue weighted by Crippen LogP contribution is 2.44. The molecular weight excluding hydrogens is 545 g/mol. The zero-order chi connectivity index (χ0) is 28.8. The van der Waals surface area contributed by atoms with Crippen LogP contribution in [0.2, 0.25) is 5.02 Å². The van der Waals surface area contributed by atoms with Crippen LogP contribution in [-0.2, 0) is 19.7 Å². The molecule has 0 aliphatic carbocycles. The molecule has 0 spiro atoms. The van der Waals surface area contributed by atoms with E-state index in [1.807, 2.05) is 10.9 Å². The third kappa shape index (κ3) is 6.44. The topological polar surface area (TPSA) is 126 Å². The molecule has 211 valence electrons. The van der Waals surface area contributed by atoms with Gasteiger partial charge in [0, 0.05) is 55.2 Å². The normalized spacial score (nSPS) is 18.4.